The van der Waals surface area contributed by atoms with Gasteiger partial charge in [-0.25, -0.2) is 4.39 Å². The summed E-state index contributed by atoms with van der Waals surface area (Å²) in [7, 11) is 0. The summed E-state index contributed by atoms with van der Waals surface area (Å²) in [6, 6.07) is 13.6. The highest BCUT2D eigenvalue weighted by Gasteiger charge is 2.27. The van der Waals surface area contributed by atoms with Crippen LogP contribution in [0, 0.1) is 11.7 Å². The molecule has 0 saturated heterocycles. The lowest BCUT2D eigenvalue weighted by atomic mass is 9.96. The molecule has 1 atom stereocenters. The smallest absolute Gasteiger partial charge is 0.193 e. The number of ketones is 1. The van der Waals surface area contributed by atoms with E-state index >= 15 is 0 Å². The SMILES string of the molecule is CCc1cc(CN(CC2CCCC2)C(CC(C)=O)c2ccc(Cl)c(F)c2)ccc1OCCn1c(O)ccc1O. The summed E-state index contributed by atoms with van der Waals surface area (Å²) in [6.07, 6.45) is 5.83. The molecule has 1 unspecified atom stereocenters. The summed E-state index contributed by atoms with van der Waals surface area (Å²) >= 11 is 5.97. The predicted octanol–water partition coefficient (Wildman–Crippen LogP) is 7.05. The van der Waals surface area contributed by atoms with E-state index in [-0.39, 0.29) is 28.6 Å². The zero-order valence-electron chi connectivity index (χ0n) is 22.7. The molecule has 2 aromatic carbocycles. The lowest BCUT2D eigenvalue weighted by Crippen LogP contribution is -2.33. The van der Waals surface area contributed by atoms with Crippen LogP contribution in [0.3, 0.4) is 0 Å². The monoisotopic (exact) mass is 556 g/mol. The third-order valence-corrected chi connectivity index (χ3v) is 7.92. The molecule has 1 aromatic heterocycles. The van der Waals surface area contributed by atoms with E-state index in [1.807, 2.05) is 18.2 Å². The highest BCUT2D eigenvalue weighted by atomic mass is 35.5. The van der Waals surface area contributed by atoms with Crippen LogP contribution in [0.1, 0.15) is 68.7 Å². The van der Waals surface area contributed by atoms with Crippen LogP contribution < -0.4 is 4.74 Å². The number of benzene rings is 2. The third-order valence-electron chi connectivity index (χ3n) is 7.62. The van der Waals surface area contributed by atoms with Gasteiger partial charge in [-0.05, 0) is 67.0 Å². The minimum Gasteiger partial charge on any atom is -0.494 e. The van der Waals surface area contributed by atoms with Gasteiger partial charge in [0.1, 0.15) is 24.0 Å². The molecular weight excluding hydrogens is 519 g/mol. The first-order valence-corrected chi connectivity index (χ1v) is 14.1. The number of aryl methyl sites for hydroxylation is 1. The number of rotatable bonds is 13. The molecule has 1 aliphatic carbocycles. The fourth-order valence-corrected chi connectivity index (χ4v) is 5.70. The second-order valence-electron chi connectivity index (χ2n) is 10.5. The van der Waals surface area contributed by atoms with Crippen molar-refractivity contribution >= 4 is 17.4 Å². The molecule has 1 aliphatic rings. The average Bonchev–Trinajstić information content (AvgIpc) is 3.54. The van der Waals surface area contributed by atoms with E-state index < -0.39 is 5.82 Å². The van der Waals surface area contributed by atoms with Crippen LogP contribution >= 0.6 is 11.6 Å². The summed E-state index contributed by atoms with van der Waals surface area (Å²) in [5.41, 5.74) is 2.91. The van der Waals surface area contributed by atoms with E-state index in [1.165, 1.54) is 35.6 Å². The zero-order chi connectivity index (χ0) is 27.9. The molecule has 0 aliphatic heterocycles. The van der Waals surface area contributed by atoms with Crippen LogP contribution in [-0.4, -0.2) is 38.6 Å². The Balaban J connectivity index is 1.55. The number of nitrogens with zero attached hydrogens (tertiary/aromatic N) is 2. The molecule has 0 spiro atoms. The minimum atomic E-state index is -0.472. The topological polar surface area (TPSA) is 74.9 Å². The van der Waals surface area contributed by atoms with Gasteiger partial charge < -0.3 is 14.9 Å². The Bertz CT molecular complexity index is 1250. The quantitative estimate of drug-likeness (QED) is 0.236. The molecule has 0 bridgehead atoms. The number of carbonyl (C=O) groups is 1. The molecule has 1 fully saturated rings. The van der Waals surface area contributed by atoms with Gasteiger partial charge in [-0.15, -0.1) is 0 Å². The van der Waals surface area contributed by atoms with E-state index in [1.54, 1.807) is 13.0 Å². The fourth-order valence-electron chi connectivity index (χ4n) is 5.58. The van der Waals surface area contributed by atoms with Gasteiger partial charge in [-0.1, -0.05) is 49.6 Å². The lowest BCUT2D eigenvalue weighted by Gasteiger charge is -2.34. The maximum atomic E-state index is 14.5. The van der Waals surface area contributed by atoms with Crippen molar-refractivity contribution in [2.45, 2.75) is 71.5 Å². The van der Waals surface area contributed by atoms with Gasteiger partial charge in [0.05, 0.1) is 11.6 Å². The molecule has 210 valence electrons. The van der Waals surface area contributed by atoms with Crippen molar-refractivity contribution in [3.63, 3.8) is 0 Å². The van der Waals surface area contributed by atoms with Gasteiger partial charge >= 0.3 is 0 Å². The summed E-state index contributed by atoms with van der Waals surface area (Å²) in [4.78, 5) is 14.7. The fraction of sp³-hybridized carbons (Fsp3) is 0.452. The molecule has 4 rings (SSSR count). The molecule has 6 nitrogen and oxygen atoms in total. The van der Waals surface area contributed by atoms with Crippen molar-refractivity contribution in [2.24, 2.45) is 5.92 Å². The zero-order valence-corrected chi connectivity index (χ0v) is 23.5. The van der Waals surface area contributed by atoms with Crippen LogP contribution in [0.5, 0.6) is 17.5 Å². The summed E-state index contributed by atoms with van der Waals surface area (Å²) < 4.78 is 21.9. The molecule has 8 heteroatoms. The van der Waals surface area contributed by atoms with Crippen molar-refractivity contribution in [1.29, 1.82) is 0 Å². The van der Waals surface area contributed by atoms with Gasteiger partial charge in [0.25, 0.3) is 0 Å². The Morgan fingerprint density at radius 1 is 1.13 bits per heavy atom. The van der Waals surface area contributed by atoms with Crippen molar-refractivity contribution in [1.82, 2.24) is 9.47 Å². The number of ether oxygens (including phenoxy) is 1. The van der Waals surface area contributed by atoms with E-state index in [2.05, 4.69) is 17.9 Å². The number of aromatic hydroxyl groups is 2. The Morgan fingerprint density at radius 2 is 1.85 bits per heavy atom. The Morgan fingerprint density at radius 3 is 2.49 bits per heavy atom. The average molecular weight is 557 g/mol. The van der Waals surface area contributed by atoms with Crippen LogP contribution in [0.2, 0.25) is 5.02 Å². The van der Waals surface area contributed by atoms with Gasteiger partial charge in [-0.3, -0.25) is 14.3 Å². The van der Waals surface area contributed by atoms with Crippen LogP contribution in [0.4, 0.5) is 4.39 Å². The van der Waals surface area contributed by atoms with E-state index in [0.717, 1.165) is 48.2 Å². The molecule has 39 heavy (non-hydrogen) atoms. The predicted molar refractivity (Wildman–Crippen MR) is 151 cm³/mol. The first kappa shape index (κ1) is 29.0. The molecule has 3 aromatic rings. The molecule has 0 amide bonds. The summed E-state index contributed by atoms with van der Waals surface area (Å²) in [6.45, 7) is 5.72. The lowest BCUT2D eigenvalue weighted by molar-refractivity contribution is -0.118. The van der Waals surface area contributed by atoms with E-state index in [9.17, 15) is 19.4 Å². The second kappa shape index (κ2) is 13.4. The first-order valence-electron chi connectivity index (χ1n) is 13.8. The molecule has 2 N–H and O–H groups in total. The highest BCUT2D eigenvalue weighted by molar-refractivity contribution is 6.30. The van der Waals surface area contributed by atoms with Crippen LogP contribution in [-0.2, 0) is 24.3 Å². The van der Waals surface area contributed by atoms with Crippen molar-refractivity contribution < 1.29 is 24.1 Å². The van der Waals surface area contributed by atoms with Crippen LogP contribution in [0.25, 0.3) is 0 Å². The van der Waals surface area contributed by atoms with Crippen molar-refractivity contribution in [3.8, 4) is 17.5 Å². The van der Waals surface area contributed by atoms with E-state index in [0.29, 0.717) is 32.0 Å². The first-order chi connectivity index (χ1) is 18.7. The highest BCUT2D eigenvalue weighted by Crippen LogP contribution is 2.34. The molecule has 0 radical (unpaired) electrons. The van der Waals surface area contributed by atoms with Crippen molar-refractivity contribution in [2.75, 3.05) is 13.2 Å². The number of Topliss-reactive ketones (excluding diaryl/α,β-unsaturated/α-hetero) is 1. The number of halogens is 2. The minimum absolute atomic E-state index is 0.00907. The van der Waals surface area contributed by atoms with Gasteiger partial charge in [-0.2, -0.15) is 0 Å². The number of hydrogen-bond donors (Lipinski definition) is 2. The third kappa shape index (κ3) is 7.55. The summed E-state index contributed by atoms with van der Waals surface area (Å²) in [5, 5.41) is 19.8. The van der Waals surface area contributed by atoms with Gasteiger partial charge in [0.2, 0.25) is 0 Å². The standard InChI is InChI=1S/C31H38ClFN2O4/c1-3-24-17-23(8-11-29(24)39-15-14-35-30(37)12-13-31(35)38)20-34(19-22-6-4-5-7-22)28(16-21(2)36)25-9-10-26(32)27(33)18-25/h8-13,17-18,22,28,37-38H,3-7,14-16,19-20H2,1-2H3. The number of carbonyl (C=O) groups excluding carboxylic acids is 1. The second-order valence-corrected chi connectivity index (χ2v) is 10.9. The van der Waals surface area contributed by atoms with Gasteiger partial charge in [0.15, 0.2) is 11.8 Å². The molecule has 1 saturated carbocycles. The number of aromatic nitrogens is 1. The number of hydrogen-bond acceptors (Lipinski definition) is 5. The van der Waals surface area contributed by atoms with E-state index in [4.69, 9.17) is 16.3 Å². The Labute approximate surface area is 235 Å². The maximum absolute atomic E-state index is 14.5. The molecule has 1 heterocycles. The Hall–Kier alpha value is -3.03. The maximum Gasteiger partial charge on any atom is 0.193 e. The van der Waals surface area contributed by atoms with Gasteiger partial charge in [0, 0.05) is 37.7 Å². The molecular formula is C31H38ClFN2O4. The normalized spacial score (nSPS) is 14.7. The summed E-state index contributed by atoms with van der Waals surface area (Å²) in [5.74, 6) is 0.876. The largest absolute Gasteiger partial charge is 0.494 e. The van der Waals surface area contributed by atoms with Crippen LogP contribution in [0.15, 0.2) is 48.5 Å². The van der Waals surface area contributed by atoms with Crippen molar-refractivity contribution in [3.05, 3.63) is 76.1 Å². The Kier molecular flexibility index (Phi) is 9.92.